The van der Waals surface area contributed by atoms with Crippen LogP contribution in [0.3, 0.4) is 0 Å². The Morgan fingerprint density at radius 3 is 2.42 bits per heavy atom. The molecule has 0 spiro atoms. The maximum absolute atomic E-state index is 6.36. The van der Waals surface area contributed by atoms with Gasteiger partial charge in [0, 0.05) is 30.3 Å². The summed E-state index contributed by atoms with van der Waals surface area (Å²) < 4.78 is 0. The topological polar surface area (TPSA) is 18.5 Å². The van der Waals surface area contributed by atoms with Crippen LogP contribution in [-0.2, 0) is 0 Å². The molecule has 4 heteroatoms. The first kappa shape index (κ1) is 16.3. The van der Waals surface area contributed by atoms with E-state index in [1.807, 2.05) is 7.05 Å². The van der Waals surface area contributed by atoms with E-state index in [1.165, 1.54) is 5.69 Å². The van der Waals surface area contributed by atoms with Gasteiger partial charge in [0.25, 0.3) is 0 Å². The molecule has 108 valence electrons. The van der Waals surface area contributed by atoms with Crippen molar-refractivity contribution in [3.8, 4) is 0 Å². The lowest BCUT2D eigenvalue weighted by molar-refractivity contribution is 0.401. The first-order valence-electron chi connectivity index (χ1n) is 6.78. The molecule has 1 aromatic rings. The normalized spacial score (nSPS) is 12.8. The number of anilines is 1. The predicted molar refractivity (Wildman–Crippen MR) is 85.4 cm³/mol. The van der Waals surface area contributed by atoms with E-state index in [0.29, 0.717) is 0 Å². The molecule has 1 aromatic carbocycles. The molecule has 0 saturated heterocycles. The number of rotatable bonds is 7. The monoisotopic (exact) mass is 283 g/mol. The number of hydrogen-bond acceptors (Lipinski definition) is 3. The fourth-order valence-electron chi connectivity index (χ4n) is 2.01. The molecular weight excluding hydrogens is 258 g/mol. The van der Waals surface area contributed by atoms with Crippen molar-refractivity contribution < 1.29 is 0 Å². The maximum atomic E-state index is 6.36. The van der Waals surface area contributed by atoms with Gasteiger partial charge in [-0.25, -0.2) is 0 Å². The molecule has 0 bridgehead atoms. The summed E-state index contributed by atoms with van der Waals surface area (Å²) in [7, 11) is 8.26. The second-order valence-electron chi connectivity index (χ2n) is 5.29. The highest BCUT2D eigenvalue weighted by atomic mass is 35.5. The molecule has 3 nitrogen and oxygen atoms in total. The van der Waals surface area contributed by atoms with Crippen molar-refractivity contribution in [2.75, 3.05) is 46.2 Å². The third-order valence-corrected chi connectivity index (χ3v) is 3.75. The summed E-state index contributed by atoms with van der Waals surface area (Å²) >= 11 is 6.36. The van der Waals surface area contributed by atoms with Crippen molar-refractivity contribution in [1.82, 2.24) is 10.2 Å². The summed E-state index contributed by atoms with van der Waals surface area (Å²) in [5.41, 5.74) is 2.32. The fraction of sp³-hybridized carbons (Fsp3) is 0.600. The van der Waals surface area contributed by atoms with Crippen LogP contribution in [0.25, 0.3) is 0 Å². The Bertz CT molecular complexity index is 393. The van der Waals surface area contributed by atoms with E-state index in [9.17, 15) is 0 Å². The molecule has 0 heterocycles. The standard InChI is InChI=1S/C15H26ClN3/c1-12(17-2)14-8-7-13(11-15(14)16)19(5)10-6-9-18(3)4/h7-8,11-12,17H,6,9-10H2,1-5H3. The summed E-state index contributed by atoms with van der Waals surface area (Å²) in [6, 6.07) is 6.59. The average Bonchev–Trinajstić information content (AvgIpc) is 2.37. The molecule has 1 unspecified atom stereocenters. The average molecular weight is 284 g/mol. The highest BCUT2D eigenvalue weighted by Gasteiger charge is 2.09. The van der Waals surface area contributed by atoms with Gasteiger partial charge in [-0.15, -0.1) is 0 Å². The molecule has 0 fully saturated rings. The SMILES string of the molecule is CNC(C)c1ccc(N(C)CCCN(C)C)cc1Cl. The Hall–Kier alpha value is -0.770. The molecular formula is C15H26ClN3. The molecule has 0 saturated carbocycles. The highest BCUT2D eigenvalue weighted by Crippen LogP contribution is 2.27. The van der Waals surface area contributed by atoms with Crippen molar-refractivity contribution >= 4 is 17.3 Å². The van der Waals surface area contributed by atoms with Crippen LogP contribution >= 0.6 is 11.6 Å². The first-order valence-corrected chi connectivity index (χ1v) is 7.16. The van der Waals surface area contributed by atoms with Crippen molar-refractivity contribution in [2.24, 2.45) is 0 Å². The minimum atomic E-state index is 0.278. The molecule has 0 amide bonds. The molecule has 1 atom stereocenters. The van der Waals surface area contributed by atoms with Crippen LogP contribution in [0.5, 0.6) is 0 Å². The lowest BCUT2D eigenvalue weighted by atomic mass is 10.1. The van der Waals surface area contributed by atoms with E-state index in [2.05, 4.69) is 61.4 Å². The Labute approximate surface area is 122 Å². The zero-order chi connectivity index (χ0) is 14.4. The van der Waals surface area contributed by atoms with Crippen LogP contribution < -0.4 is 10.2 Å². The lowest BCUT2D eigenvalue weighted by Crippen LogP contribution is -2.23. The number of nitrogens with one attached hydrogen (secondary N) is 1. The quantitative estimate of drug-likeness (QED) is 0.830. The van der Waals surface area contributed by atoms with Gasteiger partial charge in [0.1, 0.15) is 0 Å². The van der Waals surface area contributed by atoms with Crippen LogP contribution in [0.15, 0.2) is 18.2 Å². The second-order valence-corrected chi connectivity index (χ2v) is 5.70. The van der Waals surface area contributed by atoms with Crippen molar-refractivity contribution in [3.63, 3.8) is 0 Å². The van der Waals surface area contributed by atoms with Gasteiger partial charge in [-0.3, -0.25) is 0 Å². The Morgan fingerprint density at radius 1 is 1.21 bits per heavy atom. The molecule has 0 radical (unpaired) electrons. The van der Waals surface area contributed by atoms with Gasteiger partial charge < -0.3 is 15.1 Å². The second kappa shape index (κ2) is 7.73. The molecule has 0 aliphatic carbocycles. The number of hydrogen-bond donors (Lipinski definition) is 1. The van der Waals surface area contributed by atoms with E-state index in [1.54, 1.807) is 0 Å². The van der Waals surface area contributed by atoms with Crippen LogP contribution in [0, 0.1) is 0 Å². The smallest absolute Gasteiger partial charge is 0.0474 e. The lowest BCUT2D eigenvalue weighted by Gasteiger charge is -2.22. The number of nitrogens with zero attached hydrogens (tertiary/aromatic N) is 2. The Morgan fingerprint density at radius 2 is 1.89 bits per heavy atom. The molecule has 0 aliphatic heterocycles. The molecule has 19 heavy (non-hydrogen) atoms. The molecule has 0 aliphatic rings. The van der Waals surface area contributed by atoms with Gasteiger partial charge in [-0.05, 0) is 58.7 Å². The van der Waals surface area contributed by atoms with Crippen LogP contribution in [0.4, 0.5) is 5.69 Å². The Balaban J connectivity index is 2.66. The van der Waals surface area contributed by atoms with Crippen molar-refractivity contribution in [3.05, 3.63) is 28.8 Å². The summed E-state index contributed by atoms with van der Waals surface area (Å²) in [5.74, 6) is 0. The van der Waals surface area contributed by atoms with Crippen LogP contribution in [0.2, 0.25) is 5.02 Å². The number of benzene rings is 1. The zero-order valence-electron chi connectivity index (χ0n) is 12.7. The van der Waals surface area contributed by atoms with Gasteiger partial charge >= 0.3 is 0 Å². The summed E-state index contributed by atoms with van der Waals surface area (Å²) in [6.45, 7) is 4.25. The third-order valence-electron chi connectivity index (χ3n) is 3.42. The maximum Gasteiger partial charge on any atom is 0.0474 e. The van der Waals surface area contributed by atoms with Gasteiger partial charge in [0.15, 0.2) is 0 Å². The first-order chi connectivity index (χ1) is 8.95. The van der Waals surface area contributed by atoms with E-state index >= 15 is 0 Å². The summed E-state index contributed by atoms with van der Waals surface area (Å²) in [6.07, 6.45) is 1.15. The number of halogens is 1. The summed E-state index contributed by atoms with van der Waals surface area (Å²) in [4.78, 5) is 4.46. The van der Waals surface area contributed by atoms with E-state index in [0.717, 1.165) is 30.1 Å². The van der Waals surface area contributed by atoms with E-state index in [4.69, 9.17) is 11.6 Å². The van der Waals surface area contributed by atoms with Gasteiger partial charge in [0.2, 0.25) is 0 Å². The molecule has 1 rings (SSSR count). The highest BCUT2D eigenvalue weighted by molar-refractivity contribution is 6.31. The largest absolute Gasteiger partial charge is 0.375 e. The van der Waals surface area contributed by atoms with Crippen molar-refractivity contribution in [1.29, 1.82) is 0 Å². The minimum absolute atomic E-state index is 0.278. The fourth-order valence-corrected chi connectivity index (χ4v) is 2.35. The van der Waals surface area contributed by atoms with E-state index < -0.39 is 0 Å². The third kappa shape index (κ3) is 5.01. The minimum Gasteiger partial charge on any atom is -0.375 e. The summed E-state index contributed by atoms with van der Waals surface area (Å²) in [5, 5.41) is 4.05. The van der Waals surface area contributed by atoms with Gasteiger partial charge in [0.05, 0.1) is 0 Å². The molecule has 1 N–H and O–H groups in total. The van der Waals surface area contributed by atoms with E-state index in [-0.39, 0.29) is 6.04 Å². The van der Waals surface area contributed by atoms with Crippen molar-refractivity contribution in [2.45, 2.75) is 19.4 Å². The Kier molecular flexibility index (Phi) is 6.63. The van der Waals surface area contributed by atoms with Gasteiger partial charge in [-0.1, -0.05) is 17.7 Å². The van der Waals surface area contributed by atoms with Crippen LogP contribution in [-0.4, -0.2) is 46.2 Å². The van der Waals surface area contributed by atoms with Crippen LogP contribution in [0.1, 0.15) is 24.9 Å². The molecule has 0 aromatic heterocycles. The van der Waals surface area contributed by atoms with Gasteiger partial charge in [-0.2, -0.15) is 0 Å². The predicted octanol–water partition coefficient (Wildman–Crippen LogP) is 3.01. The zero-order valence-corrected chi connectivity index (χ0v) is 13.5.